The van der Waals surface area contributed by atoms with E-state index in [1.807, 2.05) is 0 Å². The Morgan fingerprint density at radius 2 is 0.429 bits per heavy atom. The van der Waals surface area contributed by atoms with Gasteiger partial charge >= 0.3 is 36.0 Å². The minimum Gasteiger partial charge on any atom is -0.412 e. The van der Waals surface area contributed by atoms with Crippen LogP contribution in [-0.2, 0) is 0 Å². The maximum Gasteiger partial charge on any atom is 0.460 e. The summed E-state index contributed by atoms with van der Waals surface area (Å²) >= 11 is 0. The summed E-state index contributed by atoms with van der Waals surface area (Å²) in [5, 5.41) is 0. The molecule has 0 saturated carbocycles. The molecule has 0 radical (unpaired) electrons. The van der Waals surface area contributed by atoms with Gasteiger partial charge in [-0.3, -0.25) is 0 Å². The predicted molar refractivity (Wildman–Crippen MR) is 35.5 cm³/mol. The van der Waals surface area contributed by atoms with Crippen LogP contribution in [0.4, 0.5) is 61.5 Å². The van der Waals surface area contributed by atoms with E-state index in [0.29, 0.717) is 0 Å². The number of hydrogen-bond donors (Lipinski definition) is 0. The summed E-state index contributed by atoms with van der Waals surface area (Å²) in [6.45, 7) is 0. The monoisotopic (exact) mass is 356 g/mol. The second-order valence-corrected chi connectivity index (χ2v) is 3.29. The summed E-state index contributed by atoms with van der Waals surface area (Å²) in [5.41, 5.74) is 0. The fourth-order valence-electron chi connectivity index (χ4n) is 0.750. The van der Waals surface area contributed by atoms with Crippen LogP contribution in [0.1, 0.15) is 0 Å². The Balaban J connectivity index is 0. The maximum absolute atomic E-state index is 12.3. The normalized spacial score (nSPS) is 15.7. The van der Waals surface area contributed by atoms with E-state index in [4.69, 9.17) is 0 Å². The fourth-order valence-corrected chi connectivity index (χ4v) is 0.750. The Kier molecular flexibility index (Phi) is 5.32. The van der Waals surface area contributed by atoms with E-state index in [9.17, 15) is 61.5 Å². The van der Waals surface area contributed by atoms with Crippen molar-refractivity contribution in [3.63, 3.8) is 0 Å². The third kappa shape index (κ3) is 2.83. The average molecular weight is 356 g/mol. The van der Waals surface area contributed by atoms with E-state index in [-0.39, 0.29) is 5.48 Å². The molecule has 0 rings (SSSR count). The number of rotatable bonds is 3. The zero-order valence-electron chi connectivity index (χ0n) is 8.79. The Morgan fingerprint density at radius 3 is 0.524 bits per heavy atom. The van der Waals surface area contributed by atoms with Crippen LogP contribution in [0.5, 0.6) is 0 Å². The van der Waals surface area contributed by atoms with Gasteiger partial charge in [0.25, 0.3) is 0 Å². The van der Waals surface area contributed by atoms with Gasteiger partial charge in [0.05, 0.1) is 0 Å². The second-order valence-electron chi connectivity index (χ2n) is 3.29. The van der Waals surface area contributed by atoms with Crippen molar-refractivity contribution in [1.29, 1.82) is 0 Å². The molecule has 0 amide bonds. The van der Waals surface area contributed by atoms with Crippen molar-refractivity contribution < 1.29 is 66.9 Å². The molecule has 0 fully saturated rings. The molecule has 0 bridgehead atoms. The molecule has 0 aliphatic rings. The van der Waals surface area contributed by atoms with E-state index in [1.165, 1.54) is 0 Å². The highest BCUT2D eigenvalue weighted by Gasteiger charge is 2.91. The van der Waals surface area contributed by atoms with E-state index in [2.05, 4.69) is 0 Å². The van der Waals surface area contributed by atoms with E-state index >= 15 is 0 Å². The third-order valence-electron chi connectivity index (χ3n) is 1.90. The summed E-state index contributed by atoms with van der Waals surface area (Å²) in [6, 6.07) is 0. The first kappa shape index (κ1) is 22.3. The first-order valence-electron chi connectivity index (χ1n) is 3.90. The van der Waals surface area contributed by atoms with Crippen molar-refractivity contribution >= 4 is 0 Å². The molecule has 0 saturated heterocycles. The van der Waals surface area contributed by atoms with Gasteiger partial charge in [-0.2, -0.15) is 61.5 Å². The lowest BCUT2D eigenvalue weighted by atomic mass is 9.98. The van der Waals surface area contributed by atoms with Crippen LogP contribution in [0.2, 0.25) is 0 Å². The maximum atomic E-state index is 12.3. The van der Waals surface area contributed by atoms with Crippen molar-refractivity contribution in [2.24, 2.45) is 0 Å². The number of hydrogen-bond acceptors (Lipinski definition) is 0. The minimum absolute atomic E-state index is 0. The molecule has 0 aromatic rings. The third-order valence-corrected chi connectivity index (χ3v) is 1.90. The fraction of sp³-hybridized carbons (Fsp3) is 1.00. The molecule has 0 aromatic heterocycles. The summed E-state index contributed by atoms with van der Waals surface area (Å²) in [5.74, 6) is -31.7. The number of alkyl halides is 14. The van der Waals surface area contributed by atoms with E-state index < -0.39 is 36.0 Å². The molecular formula is C6H2F14O. The summed E-state index contributed by atoms with van der Waals surface area (Å²) in [6.07, 6.45) is -15.0. The Labute approximate surface area is 104 Å². The van der Waals surface area contributed by atoms with Crippen LogP contribution in [-0.4, -0.2) is 41.5 Å². The summed E-state index contributed by atoms with van der Waals surface area (Å²) in [7, 11) is 0. The van der Waals surface area contributed by atoms with Gasteiger partial charge in [0.2, 0.25) is 0 Å². The van der Waals surface area contributed by atoms with Gasteiger partial charge < -0.3 is 5.48 Å². The molecule has 0 unspecified atom stereocenters. The van der Waals surface area contributed by atoms with Gasteiger partial charge in [0.1, 0.15) is 0 Å². The van der Waals surface area contributed by atoms with Crippen LogP contribution in [0.25, 0.3) is 0 Å². The van der Waals surface area contributed by atoms with Crippen molar-refractivity contribution in [2.45, 2.75) is 36.0 Å². The molecule has 0 atom stereocenters. The van der Waals surface area contributed by atoms with Crippen LogP contribution < -0.4 is 0 Å². The van der Waals surface area contributed by atoms with Crippen molar-refractivity contribution in [3.8, 4) is 0 Å². The Hall–Kier alpha value is -1.02. The second kappa shape index (κ2) is 5.01. The molecule has 2 N–H and O–H groups in total. The molecule has 0 aliphatic carbocycles. The van der Waals surface area contributed by atoms with Gasteiger partial charge in [0.15, 0.2) is 0 Å². The van der Waals surface area contributed by atoms with Crippen LogP contribution in [0, 0.1) is 0 Å². The zero-order valence-corrected chi connectivity index (χ0v) is 8.79. The quantitative estimate of drug-likeness (QED) is 0.689. The highest BCUT2D eigenvalue weighted by atomic mass is 19.4. The number of halogens is 14. The minimum atomic E-state index is -8.04. The SMILES string of the molecule is FC(F)(F)C(F)(F)C(F)(F)C(F)(F)C(F)(F)C(F)(F)F.O. The lowest BCUT2D eigenvalue weighted by molar-refractivity contribution is -0.451. The Bertz CT molecular complexity index is 325. The predicted octanol–water partition coefficient (Wildman–Crippen LogP) is 3.83. The first-order chi connectivity index (χ1) is 8.25. The van der Waals surface area contributed by atoms with Crippen molar-refractivity contribution in [1.82, 2.24) is 0 Å². The lowest BCUT2D eigenvalue weighted by Crippen LogP contribution is -2.69. The molecule has 0 heterocycles. The van der Waals surface area contributed by atoms with Crippen LogP contribution in [0.15, 0.2) is 0 Å². The smallest absolute Gasteiger partial charge is 0.412 e. The van der Waals surface area contributed by atoms with Gasteiger partial charge in [-0.05, 0) is 0 Å². The largest absolute Gasteiger partial charge is 0.460 e. The highest BCUT2D eigenvalue weighted by molar-refractivity contribution is 5.08. The van der Waals surface area contributed by atoms with Gasteiger partial charge in [-0.25, -0.2) is 0 Å². The van der Waals surface area contributed by atoms with Gasteiger partial charge in [-0.1, -0.05) is 0 Å². The standard InChI is InChI=1S/C6F14.H2O/c7-1(8,3(11,12)5(15,16)17)2(9,10)4(13,14)6(18,19)20;/h;1H2. The molecule has 1 nitrogen and oxygen atoms in total. The van der Waals surface area contributed by atoms with Gasteiger partial charge in [-0.15, -0.1) is 0 Å². The molecule has 15 heteroatoms. The van der Waals surface area contributed by atoms with Gasteiger partial charge in [0, 0.05) is 0 Å². The van der Waals surface area contributed by atoms with E-state index in [0.717, 1.165) is 0 Å². The van der Waals surface area contributed by atoms with Crippen LogP contribution >= 0.6 is 0 Å². The van der Waals surface area contributed by atoms with Crippen molar-refractivity contribution in [3.05, 3.63) is 0 Å². The summed E-state index contributed by atoms with van der Waals surface area (Å²) < 4.78 is 166. The first-order valence-corrected chi connectivity index (χ1v) is 3.90. The topological polar surface area (TPSA) is 31.5 Å². The molecule has 130 valence electrons. The lowest BCUT2D eigenvalue weighted by Gasteiger charge is -2.37. The van der Waals surface area contributed by atoms with Crippen LogP contribution in [0.3, 0.4) is 0 Å². The molecule has 0 aliphatic heterocycles. The molecule has 21 heavy (non-hydrogen) atoms. The van der Waals surface area contributed by atoms with E-state index in [1.54, 1.807) is 0 Å². The Morgan fingerprint density at radius 1 is 0.286 bits per heavy atom. The zero-order chi connectivity index (χ0) is 17.0. The highest BCUT2D eigenvalue weighted by Crippen LogP contribution is 2.60. The molecule has 0 aromatic carbocycles. The summed E-state index contributed by atoms with van der Waals surface area (Å²) in [4.78, 5) is 0. The molecular weight excluding hydrogens is 354 g/mol. The van der Waals surface area contributed by atoms with Crippen molar-refractivity contribution in [2.75, 3.05) is 0 Å². The molecule has 0 spiro atoms. The average Bonchev–Trinajstić information content (AvgIpc) is 2.12.